The molecule has 1 aliphatic rings. The zero-order valence-corrected chi connectivity index (χ0v) is 14.6. The van der Waals surface area contributed by atoms with Crippen molar-refractivity contribution in [3.05, 3.63) is 47.8 Å². The number of hydrogen-bond donors (Lipinski definition) is 0. The van der Waals surface area contributed by atoms with E-state index >= 15 is 0 Å². The Hall–Kier alpha value is -2.63. The molecule has 1 aromatic heterocycles. The van der Waals surface area contributed by atoms with Gasteiger partial charge in [0.15, 0.2) is 6.61 Å². The molecule has 0 unspecified atom stereocenters. The molecule has 1 aromatic carbocycles. The maximum absolute atomic E-state index is 12.4. The molecule has 6 heteroatoms. The van der Waals surface area contributed by atoms with Crippen LogP contribution >= 0.6 is 0 Å². The minimum absolute atomic E-state index is 0.0292. The highest BCUT2D eigenvalue weighted by Crippen LogP contribution is 2.17. The number of benzene rings is 1. The van der Waals surface area contributed by atoms with E-state index in [2.05, 4.69) is 9.97 Å². The molecule has 3 rings (SSSR count). The SMILES string of the molecule is Cc1cc(C)nc(O[C@@H]2CCCN(C(=O)COc3ccccc3)C2)n1. The van der Waals surface area contributed by atoms with Crippen LogP contribution in [-0.2, 0) is 4.79 Å². The molecule has 132 valence electrons. The molecule has 6 nitrogen and oxygen atoms in total. The van der Waals surface area contributed by atoms with Crippen LogP contribution in [0.25, 0.3) is 0 Å². The number of rotatable bonds is 5. The van der Waals surface area contributed by atoms with Crippen molar-refractivity contribution in [1.29, 1.82) is 0 Å². The molecule has 1 fully saturated rings. The molecular weight excluding hydrogens is 318 g/mol. The molecule has 0 spiro atoms. The van der Waals surface area contributed by atoms with E-state index in [0.29, 0.717) is 18.3 Å². The minimum atomic E-state index is -0.0874. The molecule has 1 amide bonds. The quantitative estimate of drug-likeness (QED) is 0.836. The maximum Gasteiger partial charge on any atom is 0.317 e. The van der Waals surface area contributed by atoms with Gasteiger partial charge in [0.25, 0.3) is 5.91 Å². The lowest BCUT2D eigenvalue weighted by Gasteiger charge is -2.32. The fraction of sp³-hybridized carbons (Fsp3) is 0.421. The van der Waals surface area contributed by atoms with Crippen LogP contribution in [0.15, 0.2) is 36.4 Å². The molecule has 1 aliphatic heterocycles. The van der Waals surface area contributed by atoms with Crippen molar-refractivity contribution in [2.24, 2.45) is 0 Å². The predicted octanol–water partition coefficient (Wildman–Crippen LogP) is 2.54. The molecule has 2 heterocycles. The van der Waals surface area contributed by atoms with Crippen LogP contribution in [0.4, 0.5) is 0 Å². The van der Waals surface area contributed by atoms with Gasteiger partial charge in [-0.15, -0.1) is 0 Å². The second-order valence-electron chi connectivity index (χ2n) is 6.26. The zero-order valence-electron chi connectivity index (χ0n) is 14.6. The lowest BCUT2D eigenvalue weighted by molar-refractivity contribution is -0.136. The number of nitrogens with zero attached hydrogens (tertiary/aromatic N) is 3. The van der Waals surface area contributed by atoms with E-state index in [1.165, 1.54) is 0 Å². The van der Waals surface area contributed by atoms with Crippen LogP contribution in [0.2, 0.25) is 0 Å². The highest BCUT2D eigenvalue weighted by molar-refractivity contribution is 5.77. The van der Waals surface area contributed by atoms with Gasteiger partial charge < -0.3 is 14.4 Å². The van der Waals surface area contributed by atoms with Crippen molar-refractivity contribution in [1.82, 2.24) is 14.9 Å². The van der Waals surface area contributed by atoms with Crippen LogP contribution in [0.3, 0.4) is 0 Å². The first-order valence-corrected chi connectivity index (χ1v) is 8.55. The first-order valence-electron chi connectivity index (χ1n) is 8.55. The van der Waals surface area contributed by atoms with Crippen molar-refractivity contribution in [2.75, 3.05) is 19.7 Å². The monoisotopic (exact) mass is 341 g/mol. The third kappa shape index (κ3) is 4.92. The average molecular weight is 341 g/mol. The van der Waals surface area contributed by atoms with Gasteiger partial charge in [-0.05, 0) is 44.9 Å². The van der Waals surface area contributed by atoms with Crippen LogP contribution in [0.1, 0.15) is 24.2 Å². The molecule has 0 radical (unpaired) electrons. The summed E-state index contributed by atoms with van der Waals surface area (Å²) in [7, 11) is 0. The molecule has 0 bridgehead atoms. The van der Waals surface area contributed by atoms with Gasteiger partial charge >= 0.3 is 6.01 Å². The van der Waals surface area contributed by atoms with Crippen molar-refractivity contribution in [3.63, 3.8) is 0 Å². The normalized spacial score (nSPS) is 17.2. The zero-order chi connectivity index (χ0) is 17.6. The highest BCUT2D eigenvalue weighted by atomic mass is 16.5. The summed E-state index contributed by atoms with van der Waals surface area (Å²) >= 11 is 0. The number of carbonyl (C=O) groups is 1. The largest absolute Gasteiger partial charge is 0.484 e. The molecule has 1 saturated heterocycles. The lowest BCUT2D eigenvalue weighted by Crippen LogP contribution is -2.46. The van der Waals surface area contributed by atoms with E-state index in [1.54, 1.807) is 4.90 Å². The van der Waals surface area contributed by atoms with E-state index in [1.807, 2.05) is 50.2 Å². The van der Waals surface area contributed by atoms with Crippen molar-refractivity contribution in [2.45, 2.75) is 32.8 Å². The standard InChI is InChI=1S/C19H23N3O3/c1-14-11-15(2)21-19(20-14)25-17-9-6-10-22(12-17)18(23)13-24-16-7-4-3-5-8-16/h3-5,7-8,11,17H,6,9-10,12-13H2,1-2H3/t17-/m1/s1. The molecular formula is C19H23N3O3. The Balaban J connectivity index is 1.54. The second-order valence-corrected chi connectivity index (χ2v) is 6.26. The Kier molecular flexibility index (Phi) is 5.48. The number of hydrogen-bond acceptors (Lipinski definition) is 5. The predicted molar refractivity (Wildman–Crippen MR) is 93.7 cm³/mol. The Morgan fingerprint density at radius 3 is 2.64 bits per heavy atom. The van der Waals surface area contributed by atoms with Crippen LogP contribution in [-0.4, -0.2) is 46.6 Å². The molecule has 1 atom stereocenters. The number of amides is 1. The number of piperidine rings is 1. The third-order valence-corrected chi connectivity index (χ3v) is 4.07. The molecule has 0 aliphatic carbocycles. The Morgan fingerprint density at radius 1 is 1.20 bits per heavy atom. The van der Waals surface area contributed by atoms with Gasteiger partial charge in [0, 0.05) is 17.9 Å². The number of aromatic nitrogens is 2. The van der Waals surface area contributed by atoms with Crippen LogP contribution < -0.4 is 9.47 Å². The van der Waals surface area contributed by atoms with Gasteiger partial charge in [0.2, 0.25) is 0 Å². The average Bonchev–Trinajstić information content (AvgIpc) is 2.60. The van der Waals surface area contributed by atoms with Gasteiger partial charge in [-0.3, -0.25) is 4.79 Å². The van der Waals surface area contributed by atoms with E-state index in [4.69, 9.17) is 9.47 Å². The summed E-state index contributed by atoms with van der Waals surface area (Å²) in [5.41, 5.74) is 1.75. The summed E-state index contributed by atoms with van der Waals surface area (Å²) in [6.45, 7) is 5.13. The fourth-order valence-corrected chi connectivity index (χ4v) is 2.91. The Bertz CT molecular complexity index is 701. The van der Waals surface area contributed by atoms with Gasteiger partial charge in [-0.2, -0.15) is 0 Å². The summed E-state index contributed by atoms with van der Waals surface area (Å²) in [6, 6.07) is 11.7. The first-order chi connectivity index (χ1) is 12.1. The van der Waals surface area contributed by atoms with E-state index in [0.717, 1.165) is 30.8 Å². The van der Waals surface area contributed by atoms with Gasteiger partial charge in [-0.1, -0.05) is 18.2 Å². The summed E-state index contributed by atoms with van der Waals surface area (Å²) in [4.78, 5) is 22.8. The summed E-state index contributed by atoms with van der Waals surface area (Å²) < 4.78 is 11.5. The maximum atomic E-state index is 12.4. The van der Waals surface area contributed by atoms with Crippen LogP contribution in [0.5, 0.6) is 11.8 Å². The summed E-state index contributed by atoms with van der Waals surface area (Å²) in [5, 5.41) is 0. The Morgan fingerprint density at radius 2 is 1.92 bits per heavy atom. The van der Waals surface area contributed by atoms with E-state index < -0.39 is 0 Å². The molecule has 0 N–H and O–H groups in total. The summed E-state index contributed by atoms with van der Waals surface area (Å²) in [6.07, 6.45) is 1.70. The lowest BCUT2D eigenvalue weighted by atomic mass is 10.1. The van der Waals surface area contributed by atoms with Gasteiger partial charge in [0.05, 0.1) is 6.54 Å². The third-order valence-electron chi connectivity index (χ3n) is 4.07. The number of likely N-dealkylation sites (tertiary alicyclic amines) is 1. The van der Waals surface area contributed by atoms with Crippen molar-refractivity contribution in [3.8, 4) is 11.8 Å². The van der Waals surface area contributed by atoms with Gasteiger partial charge in [0.1, 0.15) is 11.9 Å². The van der Waals surface area contributed by atoms with E-state index in [-0.39, 0.29) is 18.6 Å². The Labute approximate surface area is 147 Å². The number of carbonyl (C=O) groups excluding carboxylic acids is 1. The topological polar surface area (TPSA) is 64.5 Å². The smallest absolute Gasteiger partial charge is 0.317 e. The molecule has 2 aromatic rings. The molecule has 0 saturated carbocycles. The molecule has 25 heavy (non-hydrogen) atoms. The second kappa shape index (κ2) is 7.96. The first kappa shape index (κ1) is 17.2. The number of para-hydroxylation sites is 1. The fourth-order valence-electron chi connectivity index (χ4n) is 2.91. The van der Waals surface area contributed by atoms with E-state index in [9.17, 15) is 4.79 Å². The number of aryl methyl sites for hydroxylation is 2. The van der Waals surface area contributed by atoms with Crippen molar-refractivity contribution < 1.29 is 14.3 Å². The van der Waals surface area contributed by atoms with Crippen molar-refractivity contribution >= 4 is 5.91 Å². The van der Waals surface area contributed by atoms with Crippen LogP contribution in [0, 0.1) is 13.8 Å². The minimum Gasteiger partial charge on any atom is -0.484 e. The van der Waals surface area contributed by atoms with Gasteiger partial charge in [-0.25, -0.2) is 9.97 Å². The summed E-state index contributed by atoms with van der Waals surface area (Å²) in [5.74, 6) is 0.669. The number of ether oxygens (including phenoxy) is 2. The highest BCUT2D eigenvalue weighted by Gasteiger charge is 2.25.